The van der Waals surface area contributed by atoms with Gasteiger partial charge in [0.2, 0.25) is 11.8 Å². The second-order valence-corrected chi connectivity index (χ2v) is 7.66. The number of carbonyl (C=O) groups excluding carboxylic acids is 2. The molecule has 1 heterocycles. The third kappa shape index (κ3) is 5.34. The van der Waals surface area contributed by atoms with E-state index in [4.69, 9.17) is 0 Å². The van der Waals surface area contributed by atoms with E-state index in [1.165, 1.54) is 18.6 Å². The van der Waals surface area contributed by atoms with Gasteiger partial charge in [-0.15, -0.1) is 9.81 Å². The van der Waals surface area contributed by atoms with Gasteiger partial charge in [-0.05, 0) is 53.2 Å². The molecule has 1 aromatic carbocycles. The lowest BCUT2D eigenvalue weighted by Gasteiger charge is -2.32. The van der Waals surface area contributed by atoms with Gasteiger partial charge in [0.05, 0.1) is 0 Å². The SMILES string of the molecule is O=Nc1ccc(CCC(=O)NC(C(=O)N2CC=CC2)C2CCCCC2)cc1N=O. The standard InChI is InChI=1S/C21H26N4O4/c26-19(11-9-15-8-10-17(23-28)18(14-15)24-29)22-20(16-6-2-1-3-7-16)21(27)25-12-4-5-13-25/h4-5,8,10,14,16,20H,1-3,6-7,9,11-13H2,(H,22,26). The molecule has 0 radical (unpaired) electrons. The normalized spacial score (nSPS) is 17.7. The number of nitrogens with one attached hydrogen (secondary N) is 1. The molecule has 1 aliphatic carbocycles. The summed E-state index contributed by atoms with van der Waals surface area (Å²) in [7, 11) is 0. The molecule has 1 N–H and O–H groups in total. The molecular formula is C21H26N4O4. The summed E-state index contributed by atoms with van der Waals surface area (Å²) in [5.41, 5.74) is 0.663. The van der Waals surface area contributed by atoms with Gasteiger partial charge < -0.3 is 10.2 Å². The molecule has 1 aliphatic heterocycles. The van der Waals surface area contributed by atoms with Crippen LogP contribution in [0, 0.1) is 15.7 Å². The summed E-state index contributed by atoms with van der Waals surface area (Å²) in [6.45, 7) is 1.19. The molecule has 29 heavy (non-hydrogen) atoms. The molecule has 0 aromatic heterocycles. The van der Waals surface area contributed by atoms with Crippen LogP contribution in [-0.4, -0.2) is 35.8 Å². The van der Waals surface area contributed by atoms with E-state index < -0.39 is 6.04 Å². The van der Waals surface area contributed by atoms with E-state index in [9.17, 15) is 19.4 Å². The summed E-state index contributed by atoms with van der Waals surface area (Å²) < 4.78 is 0. The molecule has 1 atom stereocenters. The zero-order valence-electron chi connectivity index (χ0n) is 16.4. The Hall–Kier alpha value is -2.90. The zero-order chi connectivity index (χ0) is 20.6. The van der Waals surface area contributed by atoms with Crippen LogP contribution in [0.1, 0.15) is 44.1 Å². The topological polar surface area (TPSA) is 108 Å². The van der Waals surface area contributed by atoms with Gasteiger partial charge in [-0.3, -0.25) is 9.59 Å². The van der Waals surface area contributed by atoms with Crippen molar-refractivity contribution in [2.75, 3.05) is 13.1 Å². The summed E-state index contributed by atoms with van der Waals surface area (Å²) in [4.78, 5) is 48.9. The number of benzene rings is 1. The minimum absolute atomic E-state index is 0.0101. The van der Waals surface area contributed by atoms with Gasteiger partial charge in [-0.2, -0.15) is 0 Å². The van der Waals surface area contributed by atoms with Gasteiger partial charge in [-0.1, -0.05) is 37.5 Å². The highest BCUT2D eigenvalue weighted by Gasteiger charge is 2.33. The number of nitrogens with zero attached hydrogens (tertiary/aromatic N) is 3. The van der Waals surface area contributed by atoms with Crippen LogP contribution in [0.25, 0.3) is 0 Å². The fourth-order valence-electron chi connectivity index (χ4n) is 4.08. The van der Waals surface area contributed by atoms with Gasteiger partial charge in [0.25, 0.3) is 0 Å². The third-order valence-corrected chi connectivity index (χ3v) is 5.71. The van der Waals surface area contributed by atoms with Crippen LogP contribution in [0.4, 0.5) is 11.4 Å². The van der Waals surface area contributed by atoms with Gasteiger partial charge in [0.15, 0.2) is 0 Å². The molecular weight excluding hydrogens is 372 g/mol. The number of amides is 2. The Balaban J connectivity index is 1.62. The lowest BCUT2D eigenvalue weighted by Crippen LogP contribution is -2.52. The molecule has 3 rings (SSSR count). The second kappa shape index (κ2) is 10.0. The maximum absolute atomic E-state index is 13.0. The maximum Gasteiger partial charge on any atom is 0.245 e. The van der Waals surface area contributed by atoms with Crippen molar-refractivity contribution in [3.05, 3.63) is 45.7 Å². The number of nitroso groups, excluding NO2 is 2. The van der Waals surface area contributed by atoms with E-state index in [1.807, 2.05) is 12.2 Å². The summed E-state index contributed by atoms with van der Waals surface area (Å²) in [5.74, 6) is -0.0343. The first-order valence-corrected chi connectivity index (χ1v) is 10.1. The van der Waals surface area contributed by atoms with E-state index in [2.05, 4.69) is 15.7 Å². The van der Waals surface area contributed by atoms with Crippen LogP contribution in [0.5, 0.6) is 0 Å². The van der Waals surface area contributed by atoms with E-state index in [-0.39, 0.29) is 35.5 Å². The zero-order valence-corrected chi connectivity index (χ0v) is 16.4. The molecule has 2 aliphatic rings. The first-order valence-electron chi connectivity index (χ1n) is 10.1. The predicted molar refractivity (Wildman–Crippen MR) is 110 cm³/mol. The van der Waals surface area contributed by atoms with Crippen LogP contribution < -0.4 is 5.32 Å². The summed E-state index contributed by atoms with van der Waals surface area (Å²) in [6.07, 6.45) is 9.74. The Morgan fingerprint density at radius 1 is 1.03 bits per heavy atom. The molecule has 0 spiro atoms. The molecule has 1 aromatic rings. The van der Waals surface area contributed by atoms with Gasteiger partial charge in [0.1, 0.15) is 17.4 Å². The van der Waals surface area contributed by atoms with Crippen molar-refractivity contribution >= 4 is 23.2 Å². The van der Waals surface area contributed by atoms with E-state index in [0.29, 0.717) is 25.1 Å². The average Bonchev–Trinajstić information content (AvgIpc) is 3.31. The molecule has 1 unspecified atom stereocenters. The summed E-state index contributed by atoms with van der Waals surface area (Å²) in [6, 6.07) is 4.05. The Bertz CT molecular complexity index is 794. The number of carbonyl (C=O) groups is 2. The Morgan fingerprint density at radius 2 is 1.72 bits per heavy atom. The Kier molecular flexibility index (Phi) is 7.21. The smallest absolute Gasteiger partial charge is 0.245 e. The van der Waals surface area contributed by atoms with Crippen LogP contribution in [0.15, 0.2) is 40.7 Å². The summed E-state index contributed by atoms with van der Waals surface area (Å²) >= 11 is 0. The van der Waals surface area contributed by atoms with E-state index in [0.717, 1.165) is 25.7 Å². The number of aryl methyl sites for hydroxylation is 1. The third-order valence-electron chi connectivity index (χ3n) is 5.71. The van der Waals surface area contributed by atoms with Crippen molar-refractivity contribution in [2.24, 2.45) is 16.3 Å². The molecule has 154 valence electrons. The lowest BCUT2D eigenvalue weighted by molar-refractivity contribution is -0.137. The minimum Gasteiger partial charge on any atom is -0.344 e. The molecule has 2 amide bonds. The van der Waals surface area contributed by atoms with Gasteiger partial charge in [0, 0.05) is 19.5 Å². The minimum atomic E-state index is -0.489. The van der Waals surface area contributed by atoms with Crippen LogP contribution in [-0.2, 0) is 16.0 Å². The number of hydrogen-bond acceptors (Lipinski definition) is 6. The molecule has 0 saturated heterocycles. The predicted octanol–water partition coefficient (Wildman–Crippen LogP) is 3.88. The van der Waals surface area contributed by atoms with Crippen molar-refractivity contribution in [1.82, 2.24) is 10.2 Å². The highest BCUT2D eigenvalue weighted by molar-refractivity contribution is 5.88. The first kappa shape index (κ1) is 20.8. The highest BCUT2D eigenvalue weighted by Crippen LogP contribution is 2.29. The average molecular weight is 398 g/mol. The van der Waals surface area contributed by atoms with Crippen molar-refractivity contribution in [2.45, 2.75) is 51.0 Å². The van der Waals surface area contributed by atoms with Crippen LogP contribution in [0.3, 0.4) is 0 Å². The molecule has 1 fully saturated rings. The molecule has 8 nitrogen and oxygen atoms in total. The van der Waals surface area contributed by atoms with E-state index >= 15 is 0 Å². The number of hydrogen-bond donors (Lipinski definition) is 1. The van der Waals surface area contributed by atoms with Gasteiger partial charge >= 0.3 is 0 Å². The molecule has 1 saturated carbocycles. The maximum atomic E-state index is 13.0. The van der Waals surface area contributed by atoms with Crippen molar-refractivity contribution in [1.29, 1.82) is 0 Å². The number of rotatable bonds is 8. The molecule has 0 bridgehead atoms. The lowest BCUT2D eigenvalue weighted by atomic mass is 9.83. The quantitative estimate of drug-likeness (QED) is 0.529. The van der Waals surface area contributed by atoms with Crippen molar-refractivity contribution in [3.8, 4) is 0 Å². The van der Waals surface area contributed by atoms with Crippen molar-refractivity contribution in [3.63, 3.8) is 0 Å². The van der Waals surface area contributed by atoms with E-state index in [1.54, 1.807) is 11.0 Å². The fraction of sp³-hybridized carbons (Fsp3) is 0.524. The second-order valence-electron chi connectivity index (χ2n) is 7.66. The first-order chi connectivity index (χ1) is 14.1. The summed E-state index contributed by atoms with van der Waals surface area (Å²) in [5, 5.41) is 8.53. The van der Waals surface area contributed by atoms with Crippen molar-refractivity contribution < 1.29 is 9.59 Å². The monoisotopic (exact) mass is 398 g/mol. The highest BCUT2D eigenvalue weighted by atomic mass is 16.3. The van der Waals surface area contributed by atoms with Crippen LogP contribution >= 0.6 is 0 Å². The Labute approximate surface area is 169 Å². The van der Waals surface area contributed by atoms with Gasteiger partial charge in [-0.25, -0.2) is 0 Å². The fourth-order valence-corrected chi connectivity index (χ4v) is 4.08. The largest absolute Gasteiger partial charge is 0.344 e. The molecule has 8 heteroatoms. The Morgan fingerprint density at radius 3 is 2.38 bits per heavy atom. The van der Waals surface area contributed by atoms with Crippen LogP contribution in [0.2, 0.25) is 0 Å².